The lowest BCUT2D eigenvalue weighted by Gasteiger charge is -2.17. The lowest BCUT2D eigenvalue weighted by Crippen LogP contribution is -2.28. The van der Waals surface area contributed by atoms with E-state index in [4.69, 9.17) is 14.2 Å². The molecule has 0 aliphatic carbocycles. The van der Waals surface area contributed by atoms with Gasteiger partial charge in [-0.2, -0.15) is 13.2 Å². The summed E-state index contributed by atoms with van der Waals surface area (Å²) >= 11 is 0. The molecule has 0 radical (unpaired) electrons. The van der Waals surface area contributed by atoms with E-state index in [1.807, 2.05) is 12.1 Å². The van der Waals surface area contributed by atoms with Crippen LogP contribution in [-0.4, -0.2) is 38.0 Å². The van der Waals surface area contributed by atoms with Gasteiger partial charge in [0.2, 0.25) is 5.91 Å². The van der Waals surface area contributed by atoms with Crippen LogP contribution >= 0.6 is 0 Å². The number of rotatable bonds is 8. The zero-order chi connectivity index (χ0) is 27.3. The molecule has 0 unspecified atom stereocenters. The molecule has 4 rings (SSSR count). The molecule has 1 aliphatic heterocycles. The van der Waals surface area contributed by atoms with Gasteiger partial charge in [-0.25, -0.2) is 0 Å². The van der Waals surface area contributed by atoms with Gasteiger partial charge in [0.25, 0.3) is 5.91 Å². The van der Waals surface area contributed by atoms with Crippen molar-refractivity contribution in [2.24, 2.45) is 5.92 Å². The molecule has 1 aliphatic rings. The average Bonchev–Trinajstić information content (AvgIpc) is 3.29. The fraction of sp³-hybridized carbons (Fsp3) is 0.222. The Bertz CT molecular complexity index is 1330. The van der Waals surface area contributed by atoms with E-state index in [9.17, 15) is 27.6 Å². The second kappa shape index (κ2) is 11.2. The highest BCUT2D eigenvalue weighted by Gasteiger charge is 2.36. The van der Waals surface area contributed by atoms with E-state index >= 15 is 0 Å². The van der Waals surface area contributed by atoms with Crippen LogP contribution in [0.1, 0.15) is 12.0 Å². The number of ether oxygens (including phenoxy) is 3. The number of nitrogens with one attached hydrogen (secondary N) is 1. The first-order chi connectivity index (χ1) is 18.1. The second-order valence-corrected chi connectivity index (χ2v) is 8.39. The summed E-state index contributed by atoms with van der Waals surface area (Å²) in [4.78, 5) is 38.5. The molecule has 3 aromatic rings. The summed E-state index contributed by atoms with van der Waals surface area (Å²) in [6.07, 6.45) is -4.66. The van der Waals surface area contributed by atoms with Gasteiger partial charge < -0.3 is 24.4 Å². The molecule has 0 saturated carbocycles. The van der Waals surface area contributed by atoms with Crippen molar-refractivity contribution >= 4 is 29.2 Å². The van der Waals surface area contributed by atoms with Crippen LogP contribution in [0.25, 0.3) is 0 Å². The van der Waals surface area contributed by atoms with Crippen molar-refractivity contribution in [2.75, 3.05) is 30.5 Å². The van der Waals surface area contributed by atoms with Crippen molar-refractivity contribution in [3.8, 4) is 17.2 Å². The molecule has 0 aromatic heterocycles. The van der Waals surface area contributed by atoms with E-state index in [-0.39, 0.29) is 24.6 Å². The van der Waals surface area contributed by atoms with Crippen molar-refractivity contribution in [1.82, 2.24) is 0 Å². The van der Waals surface area contributed by atoms with Crippen LogP contribution < -0.4 is 19.7 Å². The quantitative estimate of drug-likeness (QED) is 0.412. The van der Waals surface area contributed by atoms with E-state index < -0.39 is 36.1 Å². The predicted molar refractivity (Wildman–Crippen MR) is 131 cm³/mol. The van der Waals surface area contributed by atoms with Gasteiger partial charge in [-0.3, -0.25) is 14.4 Å². The highest BCUT2D eigenvalue weighted by Crippen LogP contribution is 2.33. The Hall–Kier alpha value is -4.54. The van der Waals surface area contributed by atoms with Gasteiger partial charge in [0.05, 0.1) is 18.6 Å². The molecule has 3 aromatic carbocycles. The minimum absolute atomic E-state index is 0.0552. The topological polar surface area (TPSA) is 94.2 Å². The standard InChI is InChI=1S/C27H23F3N2O6/c1-36-22-7-2-3-8-23(22)38-21-11-9-20(10-12-21)32-15-17(13-25(32)34)26(35)37-16-24(33)31-19-6-4-5-18(14-19)27(28,29)30/h2-12,14,17H,13,15-16H2,1H3,(H,31,33)/t17-/m1/s1. The van der Waals surface area contributed by atoms with Crippen LogP contribution in [0.3, 0.4) is 0 Å². The first-order valence-corrected chi connectivity index (χ1v) is 11.5. The summed E-state index contributed by atoms with van der Waals surface area (Å²) in [5.74, 6) is -1.03. The zero-order valence-electron chi connectivity index (χ0n) is 20.2. The van der Waals surface area contributed by atoms with Gasteiger partial charge in [0.1, 0.15) is 5.75 Å². The molecule has 8 nitrogen and oxygen atoms in total. The van der Waals surface area contributed by atoms with Crippen LogP contribution in [0.2, 0.25) is 0 Å². The fourth-order valence-corrected chi connectivity index (χ4v) is 3.86. The number of benzene rings is 3. The molecular formula is C27H23F3N2O6. The zero-order valence-corrected chi connectivity index (χ0v) is 20.2. The SMILES string of the molecule is COc1ccccc1Oc1ccc(N2C[C@H](C(=O)OCC(=O)Nc3cccc(C(F)(F)F)c3)CC2=O)cc1. The monoisotopic (exact) mass is 528 g/mol. The fourth-order valence-electron chi connectivity index (χ4n) is 3.86. The van der Waals surface area contributed by atoms with Crippen molar-refractivity contribution in [2.45, 2.75) is 12.6 Å². The van der Waals surface area contributed by atoms with Crippen LogP contribution in [-0.2, 0) is 25.3 Å². The third-order valence-corrected chi connectivity index (χ3v) is 5.72. The second-order valence-electron chi connectivity index (χ2n) is 8.39. The number of methoxy groups -OCH3 is 1. The van der Waals surface area contributed by atoms with E-state index in [2.05, 4.69) is 5.32 Å². The molecular weight excluding hydrogens is 505 g/mol. The lowest BCUT2D eigenvalue weighted by molar-refractivity contribution is -0.151. The third kappa shape index (κ3) is 6.41. The number of hydrogen-bond acceptors (Lipinski definition) is 6. The molecule has 2 amide bonds. The van der Waals surface area contributed by atoms with Gasteiger partial charge in [-0.05, 0) is 54.6 Å². The number of anilines is 2. The number of carbonyl (C=O) groups excluding carboxylic acids is 3. The van der Waals surface area contributed by atoms with Gasteiger partial charge in [0.15, 0.2) is 18.1 Å². The minimum Gasteiger partial charge on any atom is -0.493 e. The Morgan fingerprint density at radius 3 is 2.39 bits per heavy atom. The van der Waals surface area contributed by atoms with E-state index in [1.54, 1.807) is 36.4 Å². The Kier molecular flexibility index (Phi) is 7.85. The smallest absolute Gasteiger partial charge is 0.416 e. The van der Waals surface area contributed by atoms with Crippen LogP contribution in [0.4, 0.5) is 24.5 Å². The predicted octanol–water partition coefficient (Wildman–Crippen LogP) is 5.04. The number of carbonyl (C=O) groups is 3. The average molecular weight is 528 g/mol. The molecule has 1 N–H and O–H groups in total. The molecule has 1 fully saturated rings. The maximum absolute atomic E-state index is 12.8. The maximum Gasteiger partial charge on any atom is 0.416 e. The molecule has 198 valence electrons. The van der Waals surface area contributed by atoms with Gasteiger partial charge in [0, 0.05) is 24.3 Å². The highest BCUT2D eigenvalue weighted by molar-refractivity contribution is 6.00. The highest BCUT2D eigenvalue weighted by atomic mass is 19.4. The van der Waals surface area contributed by atoms with Crippen molar-refractivity contribution in [1.29, 1.82) is 0 Å². The molecule has 0 bridgehead atoms. The van der Waals surface area contributed by atoms with Crippen LogP contribution in [0.15, 0.2) is 72.8 Å². The minimum atomic E-state index is -4.56. The number of hydrogen-bond donors (Lipinski definition) is 1. The summed E-state index contributed by atoms with van der Waals surface area (Å²) < 4.78 is 54.6. The maximum atomic E-state index is 12.8. The van der Waals surface area contributed by atoms with E-state index in [1.165, 1.54) is 18.1 Å². The first-order valence-electron chi connectivity index (χ1n) is 11.5. The summed E-state index contributed by atoms with van der Waals surface area (Å²) in [6, 6.07) is 18.0. The molecule has 38 heavy (non-hydrogen) atoms. The largest absolute Gasteiger partial charge is 0.493 e. The summed E-state index contributed by atoms with van der Waals surface area (Å²) in [7, 11) is 1.54. The van der Waals surface area contributed by atoms with Crippen LogP contribution in [0.5, 0.6) is 17.2 Å². The summed E-state index contributed by atoms with van der Waals surface area (Å²) in [5.41, 5.74) is -0.447. The molecule has 11 heteroatoms. The van der Waals surface area contributed by atoms with Crippen molar-refractivity contribution in [3.05, 3.63) is 78.4 Å². The van der Waals surface area contributed by atoms with Gasteiger partial charge >= 0.3 is 12.1 Å². The lowest BCUT2D eigenvalue weighted by atomic mass is 10.1. The van der Waals surface area contributed by atoms with E-state index in [0.717, 1.165) is 18.2 Å². The number of alkyl halides is 3. The molecule has 1 heterocycles. The summed E-state index contributed by atoms with van der Waals surface area (Å²) in [6.45, 7) is -0.644. The van der Waals surface area contributed by atoms with Gasteiger partial charge in [-0.15, -0.1) is 0 Å². The van der Waals surface area contributed by atoms with Gasteiger partial charge in [-0.1, -0.05) is 18.2 Å². The molecule has 1 saturated heterocycles. The number of para-hydroxylation sites is 2. The number of esters is 1. The Labute approximate surface area is 215 Å². The normalized spacial score (nSPS) is 15.2. The van der Waals surface area contributed by atoms with Crippen molar-refractivity contribution < 1.29 is 41.8 Å². The Morgan fingerprint density at radius 2 is 1.71 bits per heavy atom. The number of halogens is 3. The number of nitrogens with zero attached hydrogens (tertiary/aromatic N) is 1. The van der Waals surface area contributed by atoms with E-state index in [0.29, 0.717) is 22.9 Å². The Morgan fingerprint density at radius 1 is 1.00 bits per heavy atom. The van der Waals surface area contributed by atoms with Crippen LogP contribution in [0, 0.1) is 5.92 Å². The molecule has 1 atom stereocenters. The molecule has 0 spiro atoms. The first kappa shape index (κ1) is 26.5. The Balaban J connectivity index is 1.30. The number of amides is 2. The summed E-state index contributed by atoms with van der Waals surface area (Å²) in [5, 5.41) is 2.26. The third-order valence-electron chi connectivity index (χ3n) is 5.72. The van der Waals surface area contributed by atoms with Crippen molar-refractivity contribution in [3.63, 3.8) is 0 Å².